The first-order chi connectivity index (χ1) is 30.2. The summed E-state index contributed by atoms with van der Waals surface area (Å²) < 4.78 is 27.2. The van der Waals surface area contributed by atoms with Crippen molar-refractivity contribution in [2.24, 2.45) is 0 Å². The number of hydrogen-bond donors (Lipinski definition) is 1. The van der Waals surface area contributed by atoms with Crippen LogP contribution >= 0.6 is 34.3 Å². The first-order valence-corrected chi connectivity index (χ1v) is 22.0. The van der Waals surface area contributed by atoms with Gasteiger partial charge in [0.25, 0.3) is 11.1 Å². The van der Waals surface area contributed by atoms with E-state index >= 15 is 0 Å². The Hall–Kier alpha value is -6.13. The molecule has 1 N–H and O–H groups in total. The molecule has 0 radical (unpaired) electrons. The highest BCUT2D eigenvalue weighted by atomic mass is 35.5. The number of carbonyl (C=O) groups is 2. The van der Waals surface area contributed by atoms with Gasteiger partial charge in [0.05, 0.1) is 9.75 Å². The first-order valence-electron chi connectivity index (χ1n) is 19.9. The normalized spacial score (nSPS) is 10.3. The molecule has 11 nitrogen and oxygen atoms in total. The van der Waals surface area contributed by atoms with E-state index in [1.807, 2.05) is 47.2 Å². The van der Waals surface area contributed by atoms with Gasteiger partial charge in [-0.15, -0.1) is 27.8 Å². The lowest BCUT2D eigenvalue weighted by molar-refractivity contribution is 0.0944. The smallest absolute Gasteiger partial charge is 0.289 e. The molecule has 0 aliphatic heterocycles. The lowest BCUT2D eigenvalue weighted by atomic mass is 10.1. The maximum atomic E-state index is 13.1. The van der Waals surface area contributed by atoms with Crippen LogP contribution in [0.1, 0.15) is 70.3 Å². The molecule has 0 amide bonds. The number of aryl methyl sites for hydroxylation is 4. The average molecular weight is 911 g/mol. The number of rotatable bonds is 13. The van der Waals surface area contributed by atoms with Crippen LogP contribution in [0.2, 0.25) is 0 Å². The molecule has 16 heteroatoms. The number of pyridine rings is 2. The zero-order valence-corrected chi connectivity index (χ0v) is 36.9. The highest BCUT2D eigenvalue weighted by Gasteiger charge is 2.20. The number of aromatic nitrogens is 8. The lowest BCUT2D eigenvalue weighted by Crippen LogP contribution is -2.21. The summed E-state index contributed by atoms with van der Waals surface area (Å²) in [4.78, 5) is 44.1. The Bertz CT molecular complexity index is 2490. The summed E-state index contributed by atoms with van der Waals surface area (Å²) in [7, 11) is 0. The number of nitrogens with zero attached hydrogens (tertiary/aromatic N) is 8. The third-order valence-electron chi connectivity index (χ3n) is 9.09. The number of thiophene rings is 2. The molecule has 328 valence electrons. The van der Waals surface area contributed by atoms with Crippen LogP contribution in [-0.4, -0.2) is 75.6 Å². The van der Waals surface area contributed by atoms with Gasteiger partial charge in [0.15, 0.2) is 5.82 Å². The predicted molar refractivity (Wildman–Crippen MR) is 249 cm³/mol. The Morgan fingerprint density at radius 3 is 1.62 bits per heavy atom. The van der Waals surface area contributed by atoms with Gasteiger partial charge in [0.1, 0.15) is 34.7 Å². The van der Waals surface area contributed by atoms with Crippen molar-refractivity contribution in [1.82, 2.24) is 44.8 Å². The molecule has 6 heterocycles. The topological polar surface area (TPSA) is 135 Å². The third-order valence-corrected chi connectivity index (χ3v) is 11.1. The van der Waals surface area contributed by atoms with Crippen LogP contribution in [0.25, 0.3) is 23.0 Å². The fraction of sp³-hybridized carbons (Fsp3) is 0.234. The van der Waals surface area contributed by atoms with E-state index in [0.717, 1.165) is 35.5 Å². The van der Waals surface area contributed by atoms with Gasteiger partial charge in [-0.2, -0.15) is 9.78 Å². The number of halogens is 3. The molecule has 0 atom stereocenters. The van der Waals surface area contributed by atoms with Crippen molar-refractivity contribution in [3.8, 4) is 23.0 Å². The van der Waals surface area contributed by atoms with Gasteiger partial charge >= 0.3 is 0 Å². The quantitative estimate of drug-likeness (QED) is 0.112. The molecule has 0 unspecified atom stereocenters. The molecule has 0 fully saturated rings. The van der Waals surface area contributed by atoms with Crippen LogP contribution in [0, 0.1) is 11.6 Å². The summed E-state index contributed by atoms with van der Waals surface area (Å²) >= 11 is 7.83. The lowest BCUT2D eigenvalue weighted by Gasteiger charge is -2.13. The minimum absolute atomic E-state index is 0. The number of nitrogens with one attached hydrogen (secondary N) is 1. The number of aromatic amines is 1. The molecule has 0 saturated carbocycles. The zero-order valence-electron chi connectivity index (χ0n) is 34.5. The summed E-state index contributed by atoms with van der Waals surface area (Å²) in [6, 6.07) is 31.0. The van der Waals surface area contributed by atoms with Crippen LogP contribution in [-0.2, 0) is 25.7 Å². The highest BCUT2D eigenvalue weighted by molar-refractivity contribution is 7.14. The largest absolute Gasteiger partial charge is 0.304 e. The monoisotopic (exact) mass is 909 g/mol. The standard InChI is InChI=1S/C20H15FN4OS.C15H13FN4.C6H15N.C5H3ClOS.CH4/c21-15-9-6-14(7-10-15)8-11-18-23-19(16-4-1-2-12-22-16)24-25(18)20(26)17-5-3-13-27-17;16-12-7-4-11(5-8-12)6-9-14-18-15(20-19-14)13-3-1-2-10-17-13;1-4-7(5-2)6-3;6-5(7)4-2-1-3-8-4;/h1-7,9-10,12-13H,8,11H2;1-5,7-8,10H,6,9H2,(H,18,19,20);4-6H2,1-3H3;1-3H;1H4. The Morgan fingerprint density at radius 2 is 1.17 bits per heavy atom. The Balaban J connectivity index is 0.000000211. The van der Waals surface area contributed by atoms with Crippen molar-refractivity contribution < 1.29 is 18.4 Å². The number of benzene rings is 2. The summed E-state index contributed by atoms with van der Waals surface area (Å²) in [6.45, 7) is 10.1. The van der Waals surface area contributed by atoms with Crippen molar-refractivity contribution >= 4 is 45.4 Å². The molecule has 2 aromatic carbocycles. The summed E-state index contributed by atoms with van der Waals surface area (Å²) in [6.07, 6.45) is 6.02. The minimum Gasteiger partial charge on any atom is -0.304 e. The van der Waals surface area contributed by atoms with E-state index in [2.05, 4.69) is 60.9 Å². The average Bonchev–Trinajstić information content (AvgIpc) is 4.17. The second-order valence-electron chi connectivity index (χ2n) is 13.2. The van der Waals surface area contributed by atoms with E-state index in [-0.39, 0.29) is 30.2 Å². The van der Waals surface area contributed by atoms with Gasteiger partial charge in [-0.05, 0) is 127 Å². The van der Waals surface area contributed by atoms with E-state index in [1.165, 1.54) is 71.3 Å². The molecule has 8 aromatic rings. The van der Waals surface area contributed by atoms with Gasteiger partial charge in [0.2, 0.25) is 5.82 Å². The second kappa shape index (κ2) is 26.4. The molecule has 0 aliphatic carbocycles. The van der Waals surface area contributed by atoms with Crippen molar-refractivity contribution in [3.05, 3.63) is 177 Å². The Morgan fingerprint density at radius 1 is 0.651 bits per heavy atom. The van der Waals surface area contributed by atoms with Crippen molar-refractivity contribution in [2.45, 2.75) is 53.9 Å². The van der Waals surface area contributed by atoms with Gasteiger partial charge in [0, 0.05) is 25.2 Å². The zero-order chi connectivity index (χ0) is 44.1. The third kappa shape index (κ3) is 15.9. The van der Waals surface area contributed by atoms with Crippen LogP contribution < -0.4 is 0 Å². The summed E-state index contributed by atoms with van der Waals surface area (Å²) in [5.74, 6) is 1.66. The molecule has 0 saturated heterocycles. The van der Waals surface area contributed by atoms with Crippen LogP contribution in [0.4, 0.5) is 8.78 Å². The SMILES string of the molecule is C.CCN(CC)CC.Fc1ccc(CCc2nc(-c3ccccn3)n[nH]2)cc1.O=C(Cl)c1cccs1.O=C(c1cccs1)n1nc(-c2ccccn2)nc1CCc1ccc(F)cc1. The van der Waals surface area contributed by atoms with E-state index in [4.69, 9.17) is 11.6 Å². The van der Waals surface area contributed by atoms with Crippen molar-refractivity contribution in [2.75, 3.05) is 19.6 Å². The van der Waals surface area contributed by atoms with Crippen LogP contribution in [0.5, 0.6) is 0 Å². The maximum absolute atomic E-state index is 13.1. The predicted octanol–water partition coefficient (Wildman–Crippen LogP) is 10.9. The highest BCUT2D eigenvalue weighted by Crippen LogP contribution is 2.18. The van der Waals surface area contributed by atoms with Gasteiger partial charge < -0.3 is 4.90 Å². The van der Waals surface area contributed by atoms with Crippen molar-refractivity contribution in [1.29, 1.82) is 0 Å². The van der Waals surface area contributed by atoms with E-state index in [9.17, 15) is 18.4 Å². The molecule has 0 spiro atoms. The van der Waals surface area contributed by atoms with Gasteiger partial charge in [-0.25, -0.2) is 18.7 Å². The Kier molecular flexibility index (Phi) is 20.7. The van der Waals surface area contributed by atoms with Crippen molar-refractivity contribution in [3.63, 3.8) is 0 Å². The molecule has 0 aliphatic rings. The van der Waals surface area contributed by atoms with Gasteiger partial charge in [-0.1, -0.05) is 76.7 Å². The molecule has 8 rings (SSSR count). The molecule has 0 bridgehead atoms. The van der Waals surface area contributed by atoms with Crippen LogP contribution in [0.3, 0.4) is 0 Å². The number of H-pyrrole nitrogens is 1. The summed E-state index contributed by atoms with van der Waals surface area (Å²) in [5.41, 5.74) is 3.39. The molecule has 63 heavy (non-hydrogen) atoms. The fourth-order valence-electron chi connectivity index (χ4n) is 5.68. The number of hydrogen-bond acceptors (Lipinski definition) is 11. The second-order valence-corrected chi connectivity index (χ2v) is 15.4. The van der Waals surface area contributed by atoms with Crippen LogP contribution in [0.15, 0.2) is 132 Å². The van der Waals surface area contributed by atoms with E-state index < -0.39 is 0 Å². The molecule has 6 aromatic heterocycles. The molecular weight excluding hydrogens is 860 g/mol. The maximum Gasteiger partial charge on any atom is 0.289 e. The first kappa shape index (κ1) is 49.5. The minimum atomic E-state index is -0.375. The van der Waals surface area contributed by atoms with E-state index in [0.29, 0.717) is 45.8 Å². The van der Waals surface area contributed by atoms with Gasteiger partial charge in [-0.3, -0.25) is 24.7 Å². The summed E-state index contributed by atoms with van der Waals surface area (Å²) in [5, 5.41) is 14.8. The van der Waals surface area contributed by atoms with E-state index in [1.54, 1.807) is 60.9 Å². The Labute approximate surface area is 379 Å². The number of carbonyl (C=O) groups excluding carboxylic acids is 2. The fourth-order valence-corrected chi connectivity index (χ4v) is 7.07. The molecular formula is C47H50ClF2N9O2S2.